The van der Waals surface area contributed by atoms with Gasteiger partial charge in [-0.3, -0.25) is 4.57 Å². The topological polar surface area (TPSA) is 48.0 Å². The van der Waals surface area contributed by atoms with Crippen LogP contribution in [-0.2, 0) is 0 Å². The molecule has 3 nitrogen and oxygen atoms in total. The molecule has 0 atom stereocenters. The maximum absolute atomic E-state index is 11.2. The molecule has 0 aliphatic carbocycles. The van der Waals surface area contributed by atoms with Gasteiger partial charge in [-0.05, 0) is 40.8 Å². The van der Waals surface area contributed by atoms with Crippen molar-refractivity contribution in [2.45, 2.75) is 0 Å². The highest BCUT2D eigenvalue weighted by atomic mass is 127. The Balaban J connectivity index is 2.90. The molecule has 5 heteroatoms. The Morgan fingerprint density at radius 3 is 2.86 bits per heavy atom. The van der Waals surface area contributed by atoms with Gasteiger partial charge in [-0.15, -0.1) is 0 Å². The van der Waals surface area contributed by atoms with Gasteiger partial charge in [0.2, 0.25) is 0 Å². The predicted octanol–water partition coefficient (Wildman–Crippen LogP) is 2.94. The van der Waals surface area contributed by atoms with Gasteiger partial charge in [0.25, 0.3) is 0 Å². The average molecular weight is 365 g/mol. The average Bonchev–Trinajstić information content (AvgIpc) is 2.42. The third-order valence-corrected chi connectivity index (χ3v) is 3.45. The summed E-state index contributed by atoms with van der Waals surface area (Å²) >= 11 is 5.51. The first-order valence-corrected chi connectivity index (χ1v) is 5.73. The first kappa shape index (κ1) is 9.97. The number of carbonyl (C=O) groups excluding carboxylic acids is 1. The summed E-state index contributed by atoms with van der Waals surface area (Å²) in [5.74, 6) is 0. The highest BCUT2D eigenvalue weighted by Gasteiger charge is 2.11. The van der Waals surface area contributed by atoms with Crippen molar-refractivity contribution in [3.63, 3.8) is 0 Å². The fourth-order valence-corrected chi connectivity index (χ4v) is 2.67. The lowest BCUT2D eigenvalue weighted by Crippen LogP contribution is -2.20. The summed E-state index contributed by atoms with van der Waals surface area (Å²) < 4.78 is 3.27. The van der Waals surface area contributed by atoms with E-state index in [4.69, 9.17) is 5.73 Å². The van der Waals surface area contributed by atoms with Gasteiger partial charge in [-0.25, -0.2) is 4.79 Å². The smallest absolute Gasteiger partial charge is 0.324 e. The lowest BCUT2D eigenvalue weighted by molar-refractivity contribution is 0.250. The van der Waals surface area contributed by atoms with Crippen LogP contribution in [0.25, 0.3) is 10.9 Å². The number of benzene rings is 1. The summed E-state index contributed by atoms with van der Waals surface area (Å²) in [6.45, 7) is 0. The molecule has 1 amide bonds. The van der Waals surface area contributed by atoms with Crippen molar-refractivity contribution >= 4 is 55.5 Å². The summed E-state index contributed by atoms with van der Waals surface area (Å²) in [6, 6.07) is 7.14. The fourth-order valence-electron chi connectivity index (χ4n) is 1.39. The van der Waals surface area contributed by atoms with E-state index in [-0.39, 0.29) is 0 Å². The zero-order chi connectivity index (χ0) is 10.3. The number of carbonyl (C=O) groups is 1. The van der Waals surface area contributed by atoms with Gasteiger partial charge < -0.3 is 5.73 Å². The van der Waals surface area contributed by atoms with E-state index >= 15 is 0 Å². The lowest BCUT2D eigenvalue weighted by atomic mass is 10.2. The normalized spacial score (nSPS) is 10.7. The van der Waals surface area contributed by atoms with E-state index in [0.29, 0.717) is 0 Å². The Morgan fingerprint density at radius 2 is 2.21 bits per heavy atom. The van der Waals surface area contributed by atoms with E-state index in [0.717, 1.165) is 19.1 Å². The van der Waals surface area contributed by atoms with Crippen LogP contribution in [0.15, 0.2) is 28.7 Å². The van der Waals surface area contributed by atoms with E-state index in [2.05, 4.69) is 38.5 Å². The Kier molecular flexibility index (Phi) is 2.52. The molecule has 0 spiro atoms. The molecule has 0 fully saturated rings. The van der Waals surface area contributed by atoms with Crippen LogP contribution in [0.2, 0.25) is 0 Å². The minimum atomic E-state index is -0.456. The van der Waals surface area contributed by atoms with Gasteiger partial charge in [0.15, 0.2) is 0 Å². The van der Waals surface area contributed by atoms with Crippen LogP contribution >= 0.6 is 38.5 Å². The Bertz CT molecular complexity index is 521. The summed E-state index contributed by atoms with van der Waals surface area (Å²) in [7, 11) is 0. The van der Waals surface area contributed by atoms with Crippen LogP contribution in [0.4, 0.5) is 4.79 Å². The summed E-state index contributed by atoms with van der Waals surface area (Å²) in [6.07, 6.45) is 0. The molecule has 0 radical (unpaired) electrons. The van der Waals surface area contributed by atoms with Gasteiger partial charge in [-0.2, -0.15) is 0 Å². The third kappa shape index (κ3) is 1.44. The zero-order valence-corrected chi connectivity index (χ0v) is 10.7. The molecule has 2 rings (SSSR count). The predicted molar refractivity (Wildman–Crippen MR) is 67.3 cm³/mol. The Morgan fingerprint density at radius 1 is 1.50 bits per heavy atom. The van der Waals surface area contributed by atoms with Crippen molar-refractivity contribution in [2.24, 2.45) is 5.73 Å². The monoisotopic (exact) mass is 364 g/mol. The molecule has 0 unspecified atom stereocenters. The van der Waals surface area contributed by atoms with Gasteiger partial charge in [0.1, 0.15) is 0 Å². The van der Waals surface area contributed by atoms with Gasteiger partial charge >= 0.3 is 6.03 Å². The largest absolute Gasteiger partial charge is 0.351 e. The first-order valence-electron chi connectivity index (χ1n) is 3.86. The Hall–Kier alpha value is -0.560. The van der Waals surface area contributed by atoms with E-state index in [1.165, 1.54) is 4.57 Å². The second-order valence-electron chi connectivity index (χ2n) is 2.81. The first-order chi connectivity index (χ1) is 6.61. The molecule has 72 valence electrons. The van der Waals surface area contributed by atoms with E-state index in [9.17, 15) is 4.79 Å². The van der Waals surface area contributed by atoms with Crippen LogP contribution < -0.4 is 5.73 Å². The number of rotatable bonds is 0. The highest BCUT2D eigenvalue weighted by molar-refractivity contribution is 14.1. The fraction of sp³-hybridized carbons (Fsp3) is 0. The molecular weight excluding hydrogens is 359 g/mol. The van der Waals surface area contributed by atoms with Gasteiger partial charge in [-0.1, -0.05) is 22.0 Å². The number of halogens is 2. The minimum absolute atomic E-state index is 0.456. The maximum Gasteiger partial charge on any atom is 0.324 e. The number of aromatic nitrogens is 1. The van der Waals surface area contributed by atoms with Gasteiger partial charge in [0, 0.05) is 9.86 Å². The van der Waals surface area contributed by atoms with Crippen molar-refractivity contribution in [1.29, 1.82) is 0 Å². The number of hydrogen-bond acceptors (Lipinski definition) is 1. The van der Waals surface area contributed by atoms with E-state index in [1.54, 1.807) is 0 Å². The quantitative estimate of drug-likeness (QED) is 0.718. The maximum atomic E-state index is 11.2. The molecule has 0 saturated heterocycles. The standard InChI is InChI=1S/C9H6BrIN2O/c10-6-2-1-3-7-5(6)4-8(11)13(7)9(12)14/h1-4H,(H2,12,14). The van der Waals surface area contributed by atoms with Crippen LogP contribution in [-0.4, -0.2) is 10.6 Å². The van der Waals surface area contributed by atoms with Crippen LogP contribution in [0.1, 0.15) is 0 Å². The van der Waals surface area contributed by atoms with Gasteiger partial charge in [0.05, 0.1) is 9.22 Å². The summed E-state index contributed by atoms with van der Waals surface area (Å²) in [4.78, 5) is 11.2. The van der Waals surface area contributed by atoms with Crippen molar-refractivity contribution in [3.05, 3.63) is 32.4 Å². The van der Waals surface area contributed by atoms with Crippen LogP contribution in [0.5, 0.6) is 0 Å². The molecule has 0 aliphatic heterocycles. The summed E-state index contributed by atoms with van der Waals surface area (Å²) in [5, 5.41) is 0.996. The molecule has 2 N–H and O–H groups in total. The number of fused-ring (bicyclic) bond motifs is 1. The second-order valence-corrected chi connectivity index (χ2v) is 4.77. The SMILES string of the molecule is NC(=O)n1c(I)cc2c(Br)cccc21. The number of amides is 1. The third-order valence-electron chi connectivity index (χ3n) is 1.97. The zero-order valence-electron chi connectivity index (χ0n) is 7.00. The molecule has 0 aliphatic rings. The van der Waals surface area contributed by atoms with Crippen molar-refractivity contribution in [3.8, 4) is 0 Å². The second kappa shape index (κ2) is 3.54. The molecule has 0 bridgehead atoms. The van der Waals surface area contributed by atoms with E-state index in [1.807, 2.05) is 24.3 Å². The van der Waals surface area contributed by atoms with Crippen molar-refractivity contribution < 1.29 is 4.79 Å². The molecule has 0 saturated carbocycles. The number of primary amides is 1. The minimum Gasteiger partial charge on any atom is -0.351 e. The van der Waals surface area contributed by atoms with E-state index < -0.39 is 6.03 Å². The number of nitrogens with two attached hydrogens (primary N) is 1. The van der Waals surface area contributed by atoms with Crippen LogP contribution in [0, 0.1) is 3.70 Å². The van der Waals surface area contributed by atoms with Crippen LogP contribution in [0.3, 0.4) is 0 Å². The summed E-state index contributed by atoms with van der Waals surface area (Å²) in [5.41, 5.74) is 6.11. The Labute approximate surface area is 103 Å². The lowest BCUT2D eigenvalue weighted by Gasteiger charge is -2.00. The molecular formula is C9H6BrIN2O. The molecule has 1 aromatic carbocycles. The molecule has 1 aromatic heterocycles. The highest BCUT2D eigenvalue weighted by Crippen LogP contribution is 2.27. The molecule has 1 heterocycles. The molecule has 2 aromatic rings. The number of hydrogen-bond donors (Lipinski definition) is 1. The van der Waals surface area contributed by atoms with Crippen molar-refractivity contribution in [1.82, 2.24) is 4.57 Å². The molecule has 14 heavy (non-hydrogen) atoms. The number of nitrogens with zero attached hydrogens (tertiary/aromatic N) is 1. The van der Waals surface area contributed by atoms with Crippen molar-refractivity contribution in [2.75, 3.05) is 0 Å².